The molecule has 22 heavy (non-hydrogen) atoms. The van der Waals surface area contributed by atoms with E-state index in [1.807, 2.05) is 20.8 Å². The topological polar surface area (TPSA) is 73.2 Å². The molecule has 1 N–H and O–H groups in total. The van der Waals surface area contributed by atoms with Crippen LogP contribution in [-0.4, -0.2) is 40.7 Å². The number of aromatic nitrogens is 2. The zero-order chi connectivity index (χ0) is 16.9. The smallest absolute Gasteiger partial charge is 0.328 e. The number of hydrogen-bond donors (Lipinski definition) is 1. The molecule has 0 aliphatic carbocycles. The van der Waals surface area contributed by atoms with Crippen molar-refractivity contribution in [1.29, 1.82) is 0 Å². The van der Waals surface area contributed by atoms with Crippen molar-refractivity contribution < 1.29 is 14.3 Å². The molecule has 1 rings (SSSR count). The molecule has 0 aromatic carbocycles. The lowest BCUT2D eigenvalue weighted by Crippen LogP contribution is -2.42. The molecular weight excluding hydrogens is 306 g/mol. The summed E-state index contributed by atoms with van der Waals surface area (Å²) in [6, 6.07) is -0.660. The van der Waals surface area contributed by atoms with Crippen LogP contribution in [0.1, 0.15) is 42.0 Å². The highest BCUT2D eigenvalue weighted by Crippen LogP contribution is 2.15. The van der Waals surface area contributed by atoms with Crippen molar-refractivity contribution in [2.24, 2.45) is 5.92 Å². The van der Waals surface area contributed by atoms with Gasteiger partial charge in [0, 0.05) is 11.6 Å². The SMILES string of the molecule is COC(=O)[C@@H](CC(C)C)NC(=O)c1c(C)nn(CCCl)c1C. The van der Waals surface area contributed by atoms with Crippen LogP contribution < -0.4 is 5.32 Å². The van der Waals surface area contributed by atoms with Crippen LogP contribution in [0.3, 0.4) is 0 Å². The second-order valence-corrected chi connectivity index (χ2v) is 6.01. The van der Waals surface area contributed by atoms with Gasteiger partial charge in [0.2, 0.25) is 0 Å². The highest BCUT2D eigenvalue weighted by Gasteiger charge is 2.26. The van der Waals surface area contributed by atoms with Crippen molar-refractivity contribution in [2.75, 3.05) is 13.0 Å². The number of methoxy groups -OCH3 is 1. The van der Waals surface area contributed by atoms with Crippen molar-refractivity contribution in [1.82, 2.24) is 15.1 Å². The first-order chi connectivity index (χ1) is 10.3. The number of halogens is 1. The highest BCUT2D eigenvalue weighted by molar-refractivity contribution is 6.17. The number of ether oxygens (including phenoxy) is 1. The zero-order valence-corrected chi connectivity index (χ0v) is 14.5. The Morgan fingerprint density at radius 2 is 2.00 bits per heavy atom. The summed E-state index contributed by atoms with van der Waals surface area (Å²) in [7, 11) is 1.32. The lowest BCUT2D eigenvalue weighted by atomic mass is 10.0. The quantitative estimate of drug-likeness (QED) is 0.614. The number of carbonyl (C=O) groups excluding carboxylic acids is 2. The summed E-state index contributed by atoms with van der Waals surface area (Å²) in [5.41, 5.74) is 1.85. The molecule has 1 amide bonds. The Kier molecular flexibility index (Phi) is 6.87. The van der Waals surface area contributed by atoms with E-state index in [1.54, 1.807) is 11.6 Å². The minimum atomic E-state index is -0.660. The molecule has 0 radical (unpaired) electrons. The van der Waals surface area contributed by atoms with Crippen LogP contribution in [0, 0.1) is 19.8 Å². The van der Waals surface area contributed by atoms with Crippen LogP contribution in [-0.2, 0) is 16.1 Å². The van der Waals surface area contributed by atoms with Gasteiger partial charge in [-0.1, -0.05) is 13.8 Å². The number of hydrogen-bond acceptors (Lipinski definition) is 4. The van der Waals surface area contributed by atoms with Gasteiger partial charge in [0.05, 0.1) is 24.9 Å². The second-order valence-electron chi connectivity index (χ2n) is 5.64. The number of amides is 1. The molecule has 1 atom stereocenters. The third-order valence-electron chi connectivity index (χ3n) is 3.40. The predicted molar refractivity (Wildman–Crippen MR) is 85.1 cm³/mol. The van der Waals surface area contributed by atoms with Crippen molar-refractivity contribution in [3.05, 3.63) is 17.0 Å². The Labute approximate surface area is 136 Å². The van der Waals surface area contributed by atoms with Crippen LogP contribution in [0.4, 0.5) is 0 Å². The van der Waals surface area contributed by atoms with Crippen molar-refractivity contribution in [2.45, 2.75) is 46.7 Å². The average molecular weight is 330 g/mol. The molecule has 0 aliphatic heterocycles. The number of rotatable bonds is 7. The molecule has 6 nitrogen and oxygen atoms in total. The molecular formula is C15H24ClN3O3. The maximum absolute atomic E-state index is 12.5. The van der Waals surface area contributed by atoms with Gasteiger partial charge in [-0.15, -0.1) is 11.6 Å². The van der Waals surface area contributed by atoms with Gasteiger partial charge >= 0.3 is 5.97 Å². The molecule has 1 aromatic rings. The Bertz CT molecular complexity index is 540. The first kappa shape index (κ1) is 18.5. The van der Waals surface area contributed by atoms with E-state index >= 15 is 0 Å². The fraction of sp³-hybridized carbons (Fsp3) is 0.667. The lowest BCUT2D eigenvalue weighted by Gasteiger charge is -2.18. The molecule has 7 heteroatoms. The third-order valence-corrected chi connectivity index (χ3v) is 3.57. The molecule has 124 valence electrons. The molecule has 0 spiro atoms. The van der Waals surface area contributed by atoms with Gasteiger partial charge in [-0.05, 0) is 26.2 Å². The van der Waals surface area contributed by atoms with Gasteiger partial charge in [0.1, 0.15) is 6.04 Å². The summed E-state index contributed by atoms with van der Waals surface area (Å²) in [6.07, 6.45) is 0.520. The van der Waals surface area contributed by atoms with Gasteiger partial charge in [0.25, 0.3) is 5.91 Å². The molecule has 1 aromatic heterocycles. The maximum atomic E-state index is 12.5. The van der Waals surface area contributed by atoms with E-state index in [0.29, 0.717) is 30.1 Å². The Hall–Kier alpha value is -1.56. The van der Waals surface area contributed by atoms with E-state index in [9.17, 15) is 9.59 Å². The first-order valence-electron chi connectivity index (χ1n) is 7.30. The molecule has 0 bridgehead atoms. The number of carbonyl (C=O) groups is 2. The minimum Gasteiger partial charge on any atom is -0.467 e. The predicted octanol–water partition coefficient (Wildman–Crippen LogP) is 2.06. The first-order valence-corrected chi connectivity index (χ1v) is 7.83. The standard InChI is InChI=1S/C15H24ClN3O3/c1-9(2)8-12(15(21)22-5)17-14(20)13-10(3)18-19(7-6-16)11(13)4/h9,12H,6-8H2,1-5H3,(H,17,20)/t12-/m1/s1. The van der Waals surface area contributed by atoms with Gasteiger partial charge in [-0.3, -0.25) is 9.48 Å². The van der Waals surface area contributed by atoms with E-state index in [2.05, 4.69) is 10.4 Å². The van der Waals surface area contributed by atoms with Crippen LogP contribution >= 0.6 is 11.6 Å². The lowest BCUT2D eigenvalue weighted by molar-refractivity contribution is -0.143. The van der Waals surface area contributed by atoms with Crippen molar-refractivity contribution in [3.63, 3.8) is 0 Å². The van der Waals surface area contributed by atoms with Crippen molar-refractivity contribution in [3.8, 4) is 0 Å². The van der Waals surface area contributed by atoms with Crippen LogP contribution in [0.2, 0.25) is 0 Å². The van der Waals surface area contributed by atoms with Gasteiger partial charge < -0.3 is 10.1 Å². The molecule has 0 unspecified atom stereocenters. The Balaban J connectivity index is 2.97. The van der Waals surface area contributed by atoms with Crippen molar-refractivity contribution >= 4 is 23.5 Å². The van der Waals surface area contributed by atoms with Crippen LogP contribution in [0.5, 0.6) is 0 Å². The minimum absolute atomic E-state index is 0.255. The number of nitrogens with one attached hydrogen (secondary N) is 1. The maximum Gasteiger partial charge on any atom is 0.328 e. The number of nitrogens with zero attached hydrogens (tertiary/aromatic N) is 2. The second kappa shape index (κ2) is 8.17. The zero-order valence-electron chi connectivity index (χ0n) is 13.8. The Morgan fingerprint density at radius 1 is 1.36 bits per heavy atom. The highest BCUT2D eigenvalue weighted by atomic mass is 35.5. The van der Waals surface area contributed by atoms with E-state index in [-0.39, 0.29) is 11.8 Å². The summed E-state index contributed by atoms with van der Waals surface area (Å²) in [5.74, 6) is -0.0795. The molecule has 0 saturated heterocycles. The normalized spacial score (nSPS) is 12.3. The molecule has 0 fully saturated rings. The number of esters is 1. The number of aryl methyl sites for hydroxylation is 2. The summed E-state index contributed by atoms with van der Waals surface area (Å²) in [4.78, 5) is 24.3. The average Bonchev–Trinajstić information content (AvgIpc) is 2.71. The van der Waals surface area contributed by atoms with Gasteiger partial charge in [-0.2, -0.15) is 5.10 Å². The van der Waals surface area contributed by atoms with E-state index in [4.69, 9.17) is 16.3 Å². The molecule has 0 saturated carbocycles. The number of alkyl halides is 1. The Morgan fingerprint density at radius 3 is 2.50 bits per heavy atom. The van der Waals surface area contributed by atoms with Gasteiger partial charge in [-0.25, -0.2) is 4.79 Å². The summed E-state index contributed by atoms with van der Waals surface area (Å²) in [6.45, 7) is 8.08. The fourth-order valence-corrected chi connectivity index (χ4v) is 2.54. The summed E-state index contributed by atoms with van der Waals surface area (Å²) >= 11 is 5.73. The van der Waals surface area contributed by atoms with E-state index in [0.717, 1.165) is 5.69 Å². The van der Waals surface area contributed by atoms with E-state index in [1.165, 1.54) is 7.11 Å². The third kappa shape index (κ3) is 4.47. The largest absolute Gasteiger partial charge is 0.467 e. The van der Waals surface area contributed by atoms with Crippen LogP contribution in [0.15, 0.2) is 0 Å². The van der Waals surface area contributed by atoms with Crippen LogP contribution in [0.25, 0.3) is 0 Å². The fourth-order valence-electron chi connectivity index (χ4n) is 2.38. The monoisotopic (exact) mass is 329 g/mol. The summed E-state index contributed by atoms with van der Waals surface area (Å²) in [5, 5.41) is 7.06. The molecule has 1 heterocycles. The summed E-state index contributed by atoms with van der Waals surface area (Å²) < 4.78 is 6.46. The van der Waals surface area contributed by atoms with Gasteiger partial charge in [0.15, 0.2) is 0 Å². The molecule has 0 aliphatic rings. The van der Waals surface area contributed by atoms with E-state index < -0.39 is 12.0 Å².